The summed E-state index contributed by atoms with van der Waals surface area (Å²) >= 11 is 0.940. The quantitative estimate of drug-likeness (QED) is 0.0389. The van der Waals surface area contributed by atoms with Crippen LogP contribution in [0.25, 0.3) is 0 Å². The van der Waals surface area contributed by atoms with E-state index < -0.39 is 30.4 Å². The fraction of sp³-hybridized carbons (Fsp3) is 0.489. The van der Waals surface area contributed by atoms with Crippen LogP contribution < -0.4 is 32.4 Å². The molecule has 3 heterocycles. The Morgan fingerprint density at radius 1 is 1.18 bits per heavy atom. The monoisotopic (exact) mass is 948 g/mol. The summed E-state index contributed by atoms with van der Waals surface area (Å²) < 4.78 is 53.9. The van der Waals surface area contributed by atoms with Gasteiger partial charge >= 0.3 is 6.09 Å². The van der Waals surface area contributed by atoms with Crippen molar-refractivity contribution in [1.29, 1.82) is 0 Å². The lowest BCUT2D eigenvalue weighted by atomic mass is 9.97. The van der Waals surface area contributed by atoms with Gasteiger partial charge in [-0.25, -0.2) is 18.0 Å². The molecule has 3 aliphatic rings. The van der Waals surface area contributed by atoms with E-state index in [4.69, 9.17) is 14.6 Å². The molecule has 3 amide bonds. The summed E-state index contributed by atoms with van der Waals surface area (Å²) in [6.45, 7) is 21.5. The predicted octanol–water partition coefficient (Wildman–Crippen LogP) is 7.49. The second kappa shape index (κ2) is 32.1. The number of methoxy groups -OCH3 is 1. The number of aliphatic hydroxyl groups excluding tert-OH is 1. The van der Waals surface area contributed by atoms with Crippen molar-refractivity contribution in [3.63, 3.8) is 0 Å². The first-order valence-corrected chi connectivity index (χ1v) is 22.7. The Kier molecular flexibility index (Phi) is 28.4. The van der Waals surface area contributed by atoms with Crippen molar-refractivity contribution in [1.82, 2.24) is 36.6 Å². The molecule has 66 heavy (non-hydrogen) atoms. The summed E-state index contributed by atoms with van der Waals surface area (Å²) in [7, 11) is 3.94. The molecule has 0 aromatic carbocycles. The molecule has 1 aliphatic carbocycles. The molecule has 2 aliphatic heterocycles. The number of hydrazine groups is 1. The highest BCUT2D eigenvalue weighted by Crippen LogP contribution is 2.36. The Bertz CT molecular complexity index is 1930. The van der Waals surface area contributed by atoms with E-state index in [1.165, 1.54) is 43.1 Å². The molecule has 1 fully saturated rings. The number of carbonyl (C=O) groups is 3. The van der Waals surface area contributed by atoms with E-state index in [1.54, 1.807) is 36.2 Å². The number of likely N-dealkylation sites (N-methyl/N-ethyl adjacent to an activating group) is 1. The number of aliphatic hydroxyl groups is 1. The van der Waals surface area contributed by atoms with Crippen molar-refractivity contribution in [3.8, 4) is 0 Å². The molecule has 15 nitrogen and oxygen atoms in total. The minimum atomic E-state index is -2.61. The number of nitrogens with two attached hydrogens (primary N) is 1. The molecular formula is C47H72F3N9O6S. The molecule has 1 saturated heterocycles. The van der Waals surface area contributed by atoms with Gasteiger partial charge in [-0.2, -0.15) is 0 Å². The number of allylic oxidation sites excluding steroid dienone is 5. The van der Waals surface area contributed by atoms with Gasteiger partial charge in [-0.3, -0.25) is 30.3 Å². The summed E-state index contributed by atoms with van der Waals surface area (Å²) in [5.74, 6) is -0.866. The van der Waals surface area contributed by atoms with E-state index in [9.17, 15) is 23.2 Å². The SMILES string of the molecule is C=CC(=C\C=C1/CC=C(C2=C(OCc3ccc(C(F)F)s3)CC(NC3CCCN3C(=O)CNC)C=C2F)N1)/C(=C/N=C)NN(CCC)C(=O)C(NC(=O)OC)C(C)C.C=CN.CCC.CO. The highest BCUT2D eigenvalue weighted by atomic mass is 32.1. The number of aliphatic imine (C=N–C) groups is 1. The molecule has 368 valence electrons. The maximum atomic E-state index is 16.3. The van der Waals surface area contributed by atoms with Gasteiger partial charge in [0.25, 0.3) is 12.3 Å². The third kappa shape index (κ3) is 18.7. The van der Waals surface area contributed by atoms with Crippen molar-refractivity contribution in [2.75, 3.05) is 40.9 Å². The van der Waals surface area contributed by atoms with Crippen LogP contribution in [-0.4, -0.2) is 98.8 Å². The first-order chi connectivity index (χ1) is 31.7. The number of halogens is 3. The normalized spacial score (nSPS) is 18.0. The van der Waals surface area contributed by atoms with Crippen LogP contribution in [0.4, 0.5) is 18.0 Å². The second-order valence-corrected chi connectivity index (χ2v) is 16.3. The molecule has 19 heteroatoms. The van der Waals surface area contributed by atoms with Crippen LogP contribution in [0.5, 0.6) is 0 Å². The lowest BCUT2D eigenvalue weighted by Crippen LogP contribution is -2.55. The lowest BCUT2D eigenvalue weighted by molar-refractivity contribution is -0.137. The largest absolute Gasteiger partial charge is 0.492 e. The minimum Gasteiger partial charge on any atom is -0.492 e. The average molecular weight is 948 g/mol. The highest BCUT2D eigenvalue weighted by Gasteiger charge is 2.34. The van der Waals surface area contributed by atoms with Gasteiger partial charge in [-0.15, -0.1) is 11.3 Å². The van der Waals surface area contributed by atoms with Gasteiger partial charge in [0.05, 0.1) is 42.2 Å². The molecular weight excluding hydrogens is 876 g/mol. The van der Waals surface area contributed by atoms with Crippen LogP contribution in [0.1, 0.15) is 89.3 Å². The number of ether oxygens (including phenoxy) is 2. The van der Waals surface area contributed by atoms with Crippen LogP contribution >= 0.6 is 11.3 Å². The summed E-state index contributed by atoms with van der Waals surface area (Å²) in [5.41, 5.74) is 10.1. The predicted molar refractivity (Wildman–Crippen MR) is 258 cm³/mol. The molecule has 8 N–H and O–H groups in total. The smallest absolute Gasteiger partial charge is 0.407 e. The highest BCUT2D eigenvalue weighted by molar-refractivity contribution is 7.12. The zero-order valence-electron chi connectivity index (χ0n) is 39.7. The van der Waals surface area contributed by atoms with E-state index in [0.29, 0.717) is 65.7 Å². The molecule has 0 radical (unpaired) electrons. The number of carbonyl (C=O) groups excluding carboxylic acids is 3. The number of rotatable bonds is 20. The second-order valence-electron chi connectivity index (χ2n) is 15.1. The maximum absolute atomic E-state index is 16.3. The number of alkyl halides is 2. The van der Waals surface area contributed by atoms with Crippen LogP contribution in [0.15, 0.2) is 113 Å². The standard InChI is InChI=1S/C41H55F3N8O5S.C3H8.C2H5N.CH4O/c1-8-18-52(40(54)38(25(3)4)49-41(55)56-7)50-32(22-45-5)26(9-2)12-13-27-14-16-31(47-27)37-30(42)20-28(48-35-11-10-19-51(35)36(53)23-46-6)21-33(37)57-24-29-15-17-34(58-29)39(43)44;1-3-2;1-2-3;1-2/h9,12-13,15-17,20,22,25,28,35,38-39,46-48,50H,2,5,8,10-11,14,18-19,21,23-24H2,1,3-4,6-7H3,(H,49,55);3H2,1-2H3;2H,1,3H2;2H,1H3/b26-12+,27-13+,32-22-;;;. The molecule has 0 saturated carbocycles. The molecule has 3 atom stereocenters. The van der Waals surface area contributed by atoms with Gasteiger partial charge in [0, 0.05) is 60.9 Å². The Morgan fingerprint density at radius 3 is 2.42 bits per heavy atom. The van der Waals surface area contributed by atoms with Crippen LogP contribution in [0, 0.1) is 5.92 Å². The number of nitrogens with zero attached hydrogens (tertiary/aromatic N) is 3. The van der Waals surface area contributed by atoms with Gasteiger partial charge in [0.15, 0.2) is 0 Å². The summed E-state index contributed by atoms with van der Waals surface area (Å²) in [5, 5.41) is 20.6. The first kappa shape index (κ1) is 58.4. The number of thiophene rings is 1. The summed E-state index contributed by atoms with van der Waals surface area (Å²) in [6, 6.07) is 1.57. The van der Waals surface area contributed by atoms with Crippen molar-refractivity contribution in [3.05, 3.63) is 118 Å². The third-order valence-electron chi connectivity index (χ3n) is 9.53. The number of hydrogen-bond acceptors (Lipinski definition) is 13. The fourth-order valence-corrected chi connectivity index (χ4v) is 7.47. The zero-order valence-corrected chi connectivity index (χ0v) is 40.5. The molecule has 1 aromatic heterocycles. The number of amides is 3. The van der Waals surface area contributed by atoms with E-state index in [-0.39, 0.29) is 53.9 Å². The number of nitrogens with one attached hydrogen (secondary N) is 5. The van der Waals surface area contributed by atoms with Gasteiger partial charge in [-0.05, 0) is 69.4 Å². The van der Waals surface area contributed by atoms with Crippen molar-refractivity contribution >= 4 is 36.0 Å². The van der Waals surface area contributed by atoms with Crippen LogP contribution in [0.2, 0.25) is 0 Å². The van der Waals surface area contributed by atoms with Crippen molar-refractivity contribution < 1.29 is 42.1 Å². The van der Waals surface area contributed by atoms with E-state index in [0.717, 1.165) is 24.9 Å². The Hall–Kier alpha value is -5.63. The van der Waals surface area contributed by atoms with Gasteiger partial charge in [-0.1, -0.05) is 72.4 Å². The Balaban J connectivity index is 0.00000254. The Morgan fingerprint density at radius 2 is 1.86 bits per heavy atom. The lowest BCUT2D eigenvalue weighted by Gasteiger charge is -2.31. The van der Waals surface area contributed by atoms with Gasteiger partial charge < -0.3 is 41.2 Å². The van der Waals surface area contributed by atoms with Crippen molar-refractivity contribution in [2.45, 2.75) is 104 Å². The average Bonchev–Trinajstić information content (AvgIpc) is 4.08. The minimum absolute atomic E-state index is 0.0263. The van der Waals surface area contributed by atoms with Crippen molar-refractivity contribution in [2.24, 2.45) is 16.6 Å². The topological polar surface area (TPSA) is 195 Å². The van der Waals surface area contributed by atoms with E-state index in [1.807, 2.05) is 26.8 Å². The molecule has 3 unspecified atom stereocenters. The van der Waals surface area contributed by atoms with E-state index in [2.05, 4.69) is 71.1 Å². The number of hydrogen-bond donors (Lipinski definition) is 7. The molecule has 0 bridgehead atoms. The summed E-state index contributed by atoms with van der Waals surface area (Å²) in [6.07, 6.45) is 11.6. The number of likely N-dealkylation sites (tertiary alicyclic amines) is 1. The summed E-state index contributed by atoms with van der Waals surface area (Å²) in [4.78, 5) is 44.6. The molecule has 4 rings (SSSR count). The van der Waals surface area contributed by atoms with Gasteiger partial charge in [0.1, 0.15) is 24.2 Å². The molecule has 0 spiro atoms. The first-order valence-electron chi connectivity index (χ1n) is 21.8. The van der Waals surface area contributed by atoms with E-state index >= 15 is 4.39 Å². The van der Waals surface area contributed by atoms with Gasteiger partial charge in [0.2, 0.25) is 5.91 Å². The maximum Gasteiger partial charge on any atom is 0.407 e. The third-order valence-corrected chi connectivity index (χ3v) is 10.6. The zero-order chi connectivity index (χ0) is 49.8. The Labute approximate surface area is 393 Å². The fourth-order valence-electron chi connectivity index (χ4n) is 6.69. The molecule has 1 aromatic rings. The van der Waals surface area contributed by atoms with Crippen LogP contribution in [0.3, 0.4) is 0 Å². The number of alkyl carbamates (subject to hydrolysis) is 1. The van der Waals surface area contributed by atoms with Crippen LogP contribution in [-0.2, 0) is 25.7 Å².